The van der Waals surface area contributed by atoms with Crippen molar-refractivity contribution in [2.24, 2.45) is 5.92 Å². The normalized spacial score (nSPS) is 20.2. The SMILES string of the molecule is Cc1noc(C)c1C(=O)N[C@@H]1C[C@H](C(=O)NCCCn2ccnc2)C[C@H]1O.O=CO. The van der Waals surface area contributed by atoms with Crippen molar-refractivity contribution in [1.82, 2.24) is 25.3 Å². The van der Waals surface area contributed by atoms with Crippen molar-refractivity contribution in [3.63, 3.8) is 0 Å². The molecular formula is C19H27N5O6. The number of rotatable bonds is 7. The van der Waals surface area contributed by atoms with Gasteiger partial charge in [0.15, 0.2) is 0 Å². The number of carbonyl (C=O) groups is 3. The molecule has 0 aliphatic heterocycles. The van der Waals surface area contributed by atoms with Crippen LogP contribution in [0, 0.1) is 19.8 Å². The molecule has 2 heterocycles. The van der Waals surface area contributed by atoms with Crippen molar-refractivity contribution in [1.29, 1.82) is 0 Å². The first-order chi connectivity index (χ1) is 14.4. The minimum atomic E-state index is -0.754. The summed E-state index contributed by atoms with van der Waals surface area (Å²) < 4.78 is 6.96. The smallest absolute Gasteiger partial charge is 0.290 e. The van der Waals surface area contributed by atoms with Crippen LogP contribution in [0.15, 0.2) is 23.2 Å². The van der Waals surface area contributed by atoms with E-state index in [-0.39, 0.29) is 24.2 Å². The van der Waals surface area contributed by atoms with Crippen molar-refractivity contribution in [3.05, 3.63) is 35.7 Å². The van der Waals surface area contributed by atoms with Crippen molar-refractivity contribution in [2.45, 2.75) is 51.8 Å². The topological polar surface area (TPSA) is 160 Å². The van der Waals surface area contributed by atoms with E-state index in [1.807, 2.05) is 10.8 Å². The summed E-state index contributed by atoms with van der Waals surface area (Å²) in [6, 6.07) is -0.465. The van der Waals surface area contributed by atoms with Crippen molar-refractivity contribution in [3.8, 4) is 0 Å². The Morgan fingerprint density at radius 3 is 2.70 bits per heavy atom. The summed E-state index contributed by atoms with van der Waals surface area (Å²) in [5, 5.41) is 26.6. The van der Waals surface area contributed by atoms with Crippen LogP contribution >= 0.6 is 0 Å². The molecular weight excluding hydrogens is 394 g/mol. The van der Waals surface area contributed by atoms with Crippen LogP contribution in [-0.2, 0) is 16.1 Å². The van der Waals surface area contributed by atoms with Crippen LogP contribution in [0.2, 0.25) is 0 Å². The third-order valence-electron chi connectivity index (χ3n) is 4.93. The number of aliphatic hydroxyl groups is 1. The number of nitrogens with zero attached hydrogens (tertiary/aromatic N) is 3. The number of carbonyl (C=O) groups excluding carboxylic acids is 2. The van der Waals surface area contributed by atoms with E-state index in [0.29, 0.717) is 36.4 Å². The summed E-state index contributed by atoms with van der Waals surface area (Å²) in [6.45, 7) is 4.44. The third kappa shape index (κ3) is 6.14. The highest BCUT2D eigenvalue weighted by atomic mass is 16.5. The van der Waals surface area contributed by atoms with E-state index in [1.165, 1.54) is 0 Å². The average Bonchev–Trinajstić information content (AvgIpc) is 3.41. The van der Waals surface area contributed by atoms with Crippen LogP contribution in [0.1, 0.15) is 41.1 Å². The molecule has 0 saturated heterocycles. The molecule has 11 nitrogen and oxygen atoms in total. The van der Waals surface area contributed by atoms with Crippen LogP contribution in [0.5, 0.6) is 0 Å². The number of nitrogens with one attached hydrogen (secondary N) is 2. The van der Waals surface area contributed by atoms with E-state index in [4.69, 9.17) is 14.4 Å². The fourth-order valence-electron chi connectivity index (χ4n) is 3.47. The number of aryl methyl sites for hydroxylation is 3. The summed E-state index contributed by atoms with van der Waals surface area (Å²) in [6.07, 6.45) is 6.11. The number of amides is 2. The second kappa shape index (κ2) is 11.1. The van der Waals surface area contributed by atoms with Gasteiger partial charge in [0.05, 0.1) is 24.2 Å². The predicted molar refractivity (Wildman–Crippen MR) is 105 cm³/mol. The van der Waals surface area contributed by atoms with Crippen LogP contribution in [0.4, 0.5) is 0 Å². The minimum absolute atomic E-state index is 0.0891. The van der Waals surface area contributed by atoms with E-state index in [2.05, 4.69) is 20.8 Å². The van der Waals surface area contributed by atoms with E-state index >= 15 is 0 Å². The molecule has 0 spiro atoms. The zero-order valence-corrected chi connectivity index (χ0v) is 16.9. The zero-order valence-electron chi connectivity index (χ0n) is 16.9. The fourth-order valence-corrected chi connectivity index (χ4v) is 3.47. The van der Waals surface area contributed by atoms with Gasteiger partial charge >= 0.3 is 0 Å². The molecule has 1 fully saturated rings. The lowest BCUT2D eigenvalue weighted by atomic mass is 10.1. The Morgan fingerprint density at radius 2 is 2.10 bits per heavy atom. The highest BCUT2D eigenvalue weighted by Crippen LogP contribution is 2.27. The Bertz CT molecular complexity index is 815. The molecule has 2 aromatic rings. The number of hydrogen-bond donors (Lipinski definition) is 4. The highest BCUT2D eigenvalue weighted by Gasteiger charge is 2.38. The first kappa shape index (κ1) is 23.1. The first-order valence-corrected chi connectivity index (χ1v) is 9.60. The summed E-state index contributed by atoms with van der Waals surface area (Å²) in [5.74, 6) is -0.307. The van der Waals surface area contributed by atoms with E-state index in [9.17, 15) is 14.7 Å². The van der Waals surface area contributed by atoms with Gasteiger partial charge in [0.25, 0.3) is 12.4 Å². The lowest BCUT2D eigenvalue weighted by molar-refractivity contribution is -0.125. The number of aliphatic hydroxyl groups excluding tert-OH is 1. The van der Waals surface area contributed by atoms with Crippen LogP contribution in [-0.4, -0.2) is 61.9 Å². The van der Waals surface area contributed by atoms with Gasteiger partial charge in [-0.2, -0.15) is 0 Å². The molecule has 3 rings (SSSR count). The maximum atomic E-state index is 12.4. The molecule has 3 atom stereocenters. The molecule has 11 heteroatoms. The summed E-state index contributed by atoms with van der Waals surface area (Å²) >= 11 is 0. The van der Waals surface area contributed by atoms with Gasteiger partial charge in [-0.05, 0) is 33.1 Å². The standard InChI is InChI=1S/C18H25N5O4.CH2O2/c1-11-16(12(2)27-22-11)18(26)21-14-8-13(9-15(14)24)17(25)20-4-3-6-23-7-5-19-10-23;2-1-3/h5,7,10,13-15,24H,3-4,6,8-9H2,1-2H3,(H,20,25)(H,21,26);1H,(H,2,3)/t13-,14+,15+;/m0./s1. The largest absolute Gasteiger partial charge is 0.483 e. The van der Waals surface area contributed by atoms with Gasteiger partial charge in [-0.15, -0.1) is 0 Å². The Morgan fingerprint density at radius 1 is 1.37 bits per heavy atom. The lowest BCUT2D eigenvalue weighted by Gasteiger charge is -2.16. The second-order valence-electron chi connectivity index (χ2n) is 7.07. The highest BCUT2D eigenvalue weighted by molar-refractivity contribution is 5.96. The first-order valence-electron chi connectivity index (χ1n) is 9.60. The predicted octanol–water partition coefficient (Wildman–Crippen LogP) is 0.265. The van der Waals surface area contributed by atoms with Gasteiger partial charge in [0.1, 0.15) is 11.3 Å². The quantitative estimate of drug-likeness (QED) is 0.366. The van der Waals surface area contributed by atoms with Gasteiger partial charge < -0.3 is 29.9 Å². The van der Waals surface area contributed by atoms with E-state index in [1.54, 1.807) is 26.4 Å². The minimum Gasteiger partial charge on any atom is -0.483 e. The molecule has 1 saturated carbocycles. The Labute approximate surface area is 173 Å². The molecule has 0 aromatic carbocycles. The second-order valence-corrected chi connectivity index (χ2v) is 7.07. The fraction of sp³-hybridized carbons (Fsp3) is 0.526. The third-order valence-corrected chi connectivity index (χ3v) is 4.93. The Hall–Kier alpha value is -3.21. The lowest BCUT2D eigenvalue weighted by Crippen LogP contribution is -2.40. The van der Waals surface area contributed by atoms with Crippen molar-refractivity contribution < 1.29 is 29.1 Å². The molecule has 0 unspecified atom stereocenters. The van der Waals surface area contributed by atoms with Gasteiger partial charge in [0.2, 0.25) is 5.91 Å². The maximum Gasteiger partial charge on any atom is 0.290 e. The number of hydrogen-bond acceptors (Lipinski definition) is 7. The maximum absolute atomic E-state index is 12.4. The average molecular weight is 421 g/mol. The Kier molecular flexibility index (Phi) is 8.54. The van der Waals surface area contributed by atoms with Crippen LogP contribution < -0.4 is 10.6 Å². The molecule has 4 N–H and O–H groups in total. The molecule has 164 valence electrons. The van der Waals surface area contributed by atoms with Gasteiger partial charge in [0, 0.05) is 31.4 Å². The van der Waals surface area contributed by atoms with Crippen molar-refractivity contribution >= 4 is 18.3 Å². The molecule has 30 heavy (non-hydrogen) atoms. The number of carboxylic acid groups (broad SMARTS) is 1. The molecule has 2 aromatic heterocycles. The monoisotopic (exact) mass is 421 g/mol. The number of imidazole rings is 1. The van der Waals surface area contributed by atoms with Gasteiger partial charge in [-0.3, -0.25) is 14.4 Å². The van der Waals surface area contributed by atoms with Gasteiger partial charge in [-0.25, -0.2) is 4.98 Å². The van der Waals surface area contributed by atoms with Crippen molar-refractivity contribution in [2.75, 3.05) is 6.54 Å². The Balaban J connectivity index is 0.00000101. The molecule has 0 bridgehead atoms. The van der Waals surface area contributed by atoms with Gasteiger partial charge in [-0.1, -0.05) is 5.16 Å². The number of aromatic nitrogens is 3. The van der Waals surface area contributed by atoms with Crippen LogP contribution in [0.3, 0.4) is 0 Å². The van der Waals surface area contributed by atoms with E-state index < -0.39 is 12.1 Å². The molecule has 1 aliphatic rings. The molecule has 2 amide bonds. The molecule has 0 radical (unpaired) electrons. The summed E-state index contributed by atoms with van der Waals surface area (Å²) in [5.41, 5.74) is 0.888. The summed E-state index contributed by atoms with van der Waals surface area (Å²) in [4.78, 5) is 37.1. The summed E-state index contributed by atoms with van der Waals surface area (Å²) in [7, 11) is 0. The zero-order chi connectivity index (χ0) is 22.1. The molecule has 1 aliphatic carbocycles. The van der Waals surface area contributed by atoms with E-state index in [0.717, 1.165) is 13.0 Å². The van der Waals surface area contributed by atoms with Crippen LogP contribution in [0.25, 0.3) is 0 Å².